The minimum absolute atomic E-state index is 0. The van der Waals surface area contributed by atoms with Crippen molar-refractivity contribution in [2.45, 2.75) is 6.42 Å². The average molecular weight is 333 g/mol. The van der Waals surface area contributed by atoms with Gasteiger partial charge < -0.3 is 10.2 Å². The Kier molecular flexibility index (Phi) is 4.54. The quantitative estimate of drug-likeness (QED) is 0.779. The standard InChI is InChI=1S/C16H20N6.ClH/c1-20-12-14(10-19-20)13-3-7-22-15(9-13)18-11-16(22)21-6-2-4-17-5-8-21;/h3,7,9-12,17H,2,4-6,8H2,1H3;1H. The summed E-state index contributed by atoms with van der Waals surface area (Å²) in [4.78, 5) is 7.00. The molecule has 0 radical (unpaired) electrons. The zero-order valence-electron chi connectivity index (χ0n) is 13.1. The molecule has 0 unspecified atom stereocenters. The molecule has 6 nitrogen and oxygen atoms in total. The Bertz CT molecular complexity index is 785. The number of aryl methyl sites for hydroxylation is 1. The zero-order chi connectivity index (χ0) is 14.9. The Morgan fingerprint density at radius 1 is 1.13 bits per heavy atom. The van der Waals surface area contributed by atoms with Gasteiger partial charge in [-0.25, -0.2) is 4.98 Å². The molecule has 1 N–H and O–H groups in total. The number of fused-ring (bicyclic) bond motifs is 1. The number of aromatic nitrogens is 4. The second-order valence-electron chi connectivity index (χ2n) is 5.75. The summed E-state index contributed by atoms with van der Waals surface area (Å²) in [6.07, 6.45) is 9.17. The Morgan fingerprint density at radius 2 is 2.04 bits per heavy atom. The number of anilines is 1. The van der Waals surface area contributed by atoms with Crippen molar-refractivity contribution in [1.29, 1.82) is 0 Å². The van der Waals surface area contributed by atoms with Gasteiger partial charge in [0.25, 0.3) is 0 Å². The molecule has 3 aromatic rings. The van der Waals surface area contributed by atoms with E-state index in [0.29, 0.717) is 0 Å². The monoisotopic (exact) mass is 332 g/mol. The highest BCUT2D eigenvalue weighted by Crippen LogP contribution is 2.23. The molecule has 1 saturated heterocycles. The maximum absolute atomic E-state index is 4.59. The molecule has 0 spiro atoms. The van der Waals surface area contributed by atoms with Crippen LogP contribution in [0, 0.1) is 0 Å². The fourth-order valence-corrected chi connectivity index (χ4v) is 3.03. The van der Waals surface area contributed by atoms with Crippen LogP contribution < -0.4 is 10.2 Å². The SMILES string of the molecule is Cl.Cn1cc(-c2ccn3c(N4CCCNCC4)cnc3c2)cn1. The molecule has 0 bridgehead atoms. The minimum atomic E-state index is 0. The molecule has 0 saturated carbocycles. The van der Waals surface area contributed by atoms with Crippen molar-refractivity contribution >= 4 is 23.9 Å². The summed E-state index contributed by atoms with van der Waals surface area (Å²) in [7, 11) is 1.93. The summed E-state index contributed by atoms with van der Waals surface area (Å²) in [5, 5.41) is 7.68. The fraction of sp³-hybridized carbons (Fsp3) is 0.375. The highest BCUT2D eigenvalue weighted by Gasteiger charge is 2.14. The lowest BCUT2D eigenvalue weighted by Gasteiger charge is -2.21. The van der Waals surface area contributed by atoms with Crippen molar-refractivity contribution in [2.75, 3.05) is 31.1 Å². The van der Waals surface area contributed by atoms with E-state index in [1.54, 1.807) is 0 Å². The molecule has 4 heterocycles. The van der Waals surface area contributed by atoms with Crippen molar-refractivity contribution < 1.29 is 0 Å². The highest BCUT2D eigenvalue weighted by molar-refractivity contribution is 5.85. The summed E-state index contributed by atoms with van der Waals surface area (Å²) >= 11 is 0. The number of hydrogen-bond donors (Lipinski definition) is 1. The van der Waals surface area contributed by atoms with Crippen LogP contribution in [-0.4, -0.2) is 45.3 Å². The van der Waals surface area contributed by atoms with Crippen LogP contribution in [0.3, 0.4) is 0 Å². The van der Waals surface area contributed by atoms with Crippen molar-refractivity contribution in [1.82, 2.24) is 24.5 Å². The zero-order valence-corrected chi connectivity index (χ0v) is 14.0. The van der Waals surface area contributed by atoms with Crippen LogP contribution in [0.2, 0.25) is 0 Å². The van der Waals surface area contributed by atoms with Gasteiger partial charge in [-0.15, -0.1) is 12.4 Å². The number of pyridine rings is 1. The Hall–Kier alpha value is -2.05. The Morgan fingerprint density at radius 3 is 2.87 bits per heavy atom. The minimum Gasteiger partial charge on any atom is -0.355 e. The smallest absolute Gasteiger partial charge is 0.138 e. The van der Waals surface area contributed by atoms with Crippen LogP contribution in [0.1, 0.15) is 6.42 Å². The molecule has 3 aromatic heterocycles. The molecular weight excluding hydrogens is 312 g/mol. The molecule has 1 fully saturated rings. The number of nitrogens with zero attached hydrogens (tertiary/aromatic N) is 5. The Labute approximate surface area is 141 Å². The van der Waals surface area contributed by atoms with E-state index in [-0.39, 0.29) is 12.4 Å². The van der Waals surface area contributed by atoms with E-state index in [1.807, 2.05) is 30.3 Å². The van der Waals surface area contributed by atoms with E-state index in [1.165, 1.54) is 12.2 Å². The van der Waals surface area contributed by atoms with Gasteiger partial charge in [0, 0.05) is 44.6 Å². The molecule has 0 aliphatic carbocycles. The number of imidazole rings is 1. The molecule has 4 rings (SSSR count). The van der Waals surface area contributed by atoms with E-state index in [0.717, 1.165) is 43.0 Å². The van der Waals surface area contributed by atoms with Gasteiger partial charge in [-0.1, -0.05) is 0 Å². The lowest BCUT2D eigenvalue weighted by atomic mass is 10.1. The lowest BCUT2D eigenvalue weighted by Crippen LogP contribution is -2.28. The first-order valence-corrected chi connectivity index (χ1v) is 7.73. The molecule has 0 aromatic carbocycles. The van der Waals surface area contributed by atoms with Gasteiger partial charge in [-0.05, 0) is 30.7 Å². The molecule has 1 aliphatic heterocycles. The van der Waals surface area contributed by atoms with E-state index in [4.69, 9.17) is 0 Å². The average Bonchev–Trinajstić information content (AvgIpc) is 3.05. The topological polar surface area (TPSA) is 50.4 Å². The first-order valence-electron chi connectivity index (χ1n) is 7.73. The number of halogens is 1. The maximum atomic E-state index is 4.59. The molecule has 23 heavy (non-hydrogen) atoms. The van der Waals surface area contributed by atoms with Gasteiger partial charge in [-0.2, -0.15) is 5.10 Å². The van der Waals surface area contributed by atoms with E-state index in [9.17, 15) is 0 Å². The summed E-state index contributed by atoms with van der Waals surface area (Å²) < 4.78 is 3.99. The largest absolute Gasteiger partial charge is 0.355 e. The van der Waals surface area contributed by atoms with Crippen LogP contribution in [0.25, 0.3) is 16.8 Å². The number of hydrogen-bond acceptors (Lipinski definition) is 4. The van der Waals surface area contributed by atoms with Gasteiger partial charge in [0.15, 0.2) is 0 Å². The van der Waals surface area contributed by atoms with Crippen LogP contribution in [-0.2, 0) is 7.05 Å². The summed E-state index contributed by atoms with van der Waals surface area (Å²) in [5.74, 6) is 1.18. The lowest BCUT2D eigenvalue weighted by molar-refractivity contribution is 0.724. The fourth-order valence-electron chi connectivity index (χ4n) is 3.03. The summed E-state index contributed by atoms with van der Waals surface area (Å²) in [6.45, 7) is 4.22. The molecule has 1 aliphatic rings. The van der Waals surface area contributed by atoms with E-state index in [2.05, 4.69) is 43.0 Å². The molecule has 0 amide bonds. The van der Waals surface area contributed by atoms with Crippen molar-refractivity contribution in [3.63, 3.8) is 0 Å². The van der Waals surface area contributed by atoms with Crippen LogP contribution in [0.15, 0.2) is 36.9 Å². The number of nitrogens with one attached hydrogen (secondary N) is 1. The normalized spacial score (nSPS) is 15.4. The van der Waals surface area contributed by atoms with Gasteiger partial charge in [0.05, 0.1) is 12.4 Å². The third-order valence-electron chi connectivity index (χ3n) is 4.20. The highest BCUT2D eigenvalue weighted by atomic mass is 35.5. The third-order valence-corrected chi connectivity index (χ3v) is 4.20. The van der Waals surface area contributed by atoms with Crippen LogP contribution in [0.5, 0.6) is 0 Å². The second kappa shape index (κ2) is 6.60. The molecule has 0 atom stereocenters. The number of rotatable bonds is 2. The Balaban J connectivity index is 0.00000156. The van der Waals surface area contributed by atoms with Crippen molar-refractivity contribution in [3.8, 4) is 11.1 Å². The van der Waals surface area contributed by atoms with Crippen LogP contribution in [0.4, 0.5) is 5.82 Å². The van der Waals surface area contributed by atoms with Gasteiger partial charge in [-0.3, -0.25) is 9.08 Å². The first-order chi connectivity index (χ1) is 10.8. The summed E-state index contributed by atoms with van der Waals surface area (Å²) in [5.41, 5.74) is 3.25. The predicted molar refractivity (Wildman–Crippen MR) is 94.3 cm³/mol. The molecule has 7 heteroatoms. The third kappa shape index (κ3) is 3.04. The maximum Gasteiger partial charge on any atom is 0.138 e. The van der Waals surface area contributed by atoms with Gasteiger partial charge >= 0.3 is 0 Å². The predicted octanol–water partition coefficient (Wildman–Crippen LogP) is 1.96. The van der Waals surface area contributed by atoms with Crippen molar-refractivity contribution in [3.05, 3.63) is 36.9 Å². The van der Waals surface area contributed by atoms with Crippen molar-refractivity contribution in [2.24, 2.45) is 7.05 Å². The molecular formula is C16H21ClN6. The van der Waals surface area contributed by atoms with E-state index < -0.39 is 0 Å². The van der Waals surface area contributed by atoms with E-state index >= 15 is 0 Å². The van der Waals surface area contributed by atoms with Gasteiger partial charge in [0.2, 0.25) is 0 Å². The van der Waals surface area contributed by atoms with Crippen LogP contribution >= 0.6 is 12.4 Å². The van der Waals surface area contributed by atoms with Gasteiger partial charge in [0.1, 0.15) is 11.5 Å². The first kappa shape index (κ1) is 15.8. The summed E-state index contributed by atoms with van der Waals surface area (Å²) in [6, 6.07) is 4.25. The molecule has 122 valence electrons. The second-order valence-corrected chi connectivity index (χ2v) is 5.75.